The SMILES string of the molecule is Cc1c(OCCCO)ccc([C@H](C)N2C[C@@H]3C[C@H]2CN3C(=O)c2ccc(Cl)nc2)c1C. The molecular formula is C24H30ClN3O3. The minimum atomic E-state index is 0.0420. The third kappa shape index (κ3) is 4.29. The third-order valence-corrected chi connectivity index (χ3v) is 7.03. The lowest BCUT2D eigenvalue weighted by molar-refractivity contribution is 0.0568. The minimum Gasteiger partial charge on any atom is -0.493 e. The molecule has 1 aromatic heterocycles. The first-order valence-corrected chi connectivity index (χ1v) is 11.3. The Kier molecular flexibility index (Phi) is 6.51. The lowest BCUT2D eigenvalue weighted by Gasteiger charge is -2.38. The van der Waals surface area contributed by atoms with Crippen LogP contribution in [0.25, 0.3) is 0 Å². The number of hydrogen-bond acceptors (Lipinski definition) is 5. The quantitative estimate of drug-likeness (QED) is 0.521. The van der Waals surface area contributed by atoms with Crippen LogP contribution < -0.4 is 4.74 Å². The maximum atomic E-state index is 12.9. The van der Waals surface area contributed by atoms with Crippen molar-refractivity contribution >= 4 is 17.5 Å². The molecule has 0 unspecified atom stereocenters. The van der Waals surface area contributed by atoms with E-state index in [1.807, 2.05) is 11.0 Å². The maximum Gasteiger partial charge on any atom is 0.255 e. The van der Waals surface area contributed by atoms with Gasteiger partial charge in [-0.05, 0) is 62.1 Å². The third-order valence-electron chi connectivity index (χ3n) is 6.81. The Bertz CT molecular complexity index is 950. The van der Waals surface area contributed by atoms with E-state index in [1.54, 1.807) is 18.3 Å². The first-order chi connectivity index (χ1) is 14.9. The van der Waals surface area contributed by atoms with Crippen molar-refractivity contribution in [1.82, 2.24) is 14.8 Å². The molecule has 31 heavy (non-hydrogen) atoms. The van der Waals surface area contributed by atoms with Gasteiger partial charge in [0.1, 0.15) is 10.9 Å². The molecule has 0 saturated carbocycles. The molecular weight excluding hydrogens is 414 g/mol. The van der Waals surface area contributed by atoms with E-state index in [-0.39, 0.29) is 24.6 Å². The number of carbonyl (C=O) groups excluding carboxylic acids is 1. The maximum absolute atomic E-state index is 12.9. The molecule has 166 valence electrons. The summed E-state index contributed by atoms with van der Waals surface area (Å²) in [6.45, 7) is 8.79. The normalized spacial score (nSPS) is 21.5. The summed E-state index contributed by atoms with van der Waals surface area (Å²) in [5, 5.41) is 9.37. The molecule has 2 aliphatic heterocycles. The summed E-state index contributed by atoms with van der Waals surface area (Å²) in [4.78, 5) is 21.5. The van der Waals surface area contributed by atoms with E-state index in [1.165, 1.54) is 11.1 Å². The lowest BCUT2D eigenvalue weighted by Crippen LogP contribution is -2.49. The van der Waals surface area contributed by atoms with Crippen LogP contribution in [0.15, 0.2) is 30.5 Å². The second-order valence-corrected chi connectivity index (χ2v) is 8.96. The summed E-state index contributed by atoms with van der Waals surface area (Å²) >= 11 is 5.86. The standard InChI is InChI=1S/C24H30ClN3O3/c1-15-16(2)22(31-10-4-9-29)7-6-21(15)17(3)27-13-20-11-19(27)14-28(20)24(30)18-5-8-23(25)26-12-18/h5-8,12,17,19-20,29H,4,9-11,13-14H2,1-3H3/t17-,19-,20-/m0/s1. The van der Waals surface area contributed by atoms with Gasteiger partial charge in [-0.2, -0.15) is 0 Å². The van der Waals surface area contributed by atoms with Crippen molar-refractivity contribution < 1.29 is 14.6 Å². The summed E-state index contributed by atoms with van der Waals surface area (Å²) in [6.07, 6.45) is 3.21. The number of aliphatic hydroxyl groups is 1. The van der Waals surface area contributed by atoms with Crippen LogP contribution in [-0.2, 0) is 0 Å². The summed E-state index contributed by atoms with van der Waals surface area (Å²) in [5.74, 6) is 0.929. The van der Waals surface area contributed by atoms with Crippen LogP contribution in [0.4, 0.5) is 0 Å². The molecule has 4 rings (SSSR count). The van der Waals surface area contributed by atoms with E-state index in [2.05, 4.69) is 36.7 Å². The number of aliphatic hydroxyl groups excluding tert-OH is 1. The average molecular weight is 444 g/mol. The molecule has 0 radical (unpaired) electrons. The molecule has 3 heterocycles. The van der Waals surface area contributed by atoms with E-state index < -0.39 is 0 Å². The average Bonchev–Trinajstić information content (AvgIpc) is 3.38. The van der Waals surface area contributed by atoms with E-state index in [0.717, 1.165) is 30.8 Å². The van der Waals surface area contributed by atoms with Gasteiger partial charge in [0.05, 0.1) is 12.2 Å². The monoisotopic (exact) mass is 443 g/mol. The molecule has 2 fully saturated rings. The second-order valence-electron chi connectivity index (χ2n) is 8.57. The van der Waals surface area contributed by atoms with E-state index in [9.17, 15) is 4.79 Å². The second kappa shape index (κ2) is 9.15. The van der Waals surface area contributed by atoms with Gasteiger partial charge in [-0.15, -0.1) is 0 Å². The molecule has 6 nitrogen and oxygen atoms in total. The number of pyridine rings is 1. The molecule has 2 saturated heterocycles. The first kappa shape index (κ1) is 22.1. The minimum absolute atomic E-state index is 0.0420. The van der Waals surface area contributed by atoms with Gasteiger partial charge in [-0.3, -0.25) is 9.69 Å². The summed E-state index contributed by atoms with van der Waals surface area (Å²) < 4.78 is 5.83. The molecule has 2 aliphatic rings. The number of halogens is 1. The van der Waals surface area contributed by atoms with Gasteiger partial charge in [0.2, 0.25) is 0 Å². The van der Waals surface area contributed by atoms with Crippen molar-refractivity contribution in [3.63, 3.8) is 0 Å². The van der Waals surface area contributed by atoms with Crippen molar-refractivity contribution in [3.8, 4) is 5.75 Å². The number of rotatable bonds is 7. The van der Waals surface area contributed by atoms with Crippen LogP contribution in [0, 0.1) is 13.8 Å². The largest absolute Gasteiger partial charge is 0.493 e. The van der Waals surface area contributed by atoms with Gasteiger partial charge < -0.3 is 14.7 Å². The Morgan fingerprint density at radius 3 is 2.68 bits per heavy atom. The Hall–Kier alpha value is -2.15. The van der Waals surface area contributed by atoms with E-state index in [0.29, 0.717) is 29.8 Å². The molecule has 1 N–H and O–H groups in total. The van der Waals surface area contributed by atoms with Crippen molar-refractivity contribution in [1.29, 1.82) is 0 Å². The van der Waals surface area contributed by atoms with Gasteiger partial charge in [0.25, 0.3) is 5.91 Å². The number of carbonyl (C=O) groups is 1. The highest BCUT2D eigenvalue weighted by molar-refractivity contribution is 6.29. The molecule has 0 aliphatic carbocycles. The molecule has 2 bridgehead atoms. The topological polar surface area (TPSA) is 65.9 Å². The number of likely N-dealkylation sites (tertiary alicyclic amines) is 2. The van der Waals surface area contributed by atoms with Crippen molar-refractivity contribution in [2.45, 2.75) is 51.7 Å². The number of ether oxygens (including phenoxy) is 1. The number of amides is 1. The van der Waals surface area contributed by atoms with Crippen LogP contribution >= 0.6 is 11.6 Å². The number of hydrogen-bond donors (Lipinski definition) is 1. The van der Waals surface area contributed by atoms with E-state index in [4.69, 9.17) is 21.4 Å². The van der Waals surface area contributed by atoms with Gasteiger partial charge in [0.15, 0.2) is 0 Å². The van der Waals surface area contributed by atoms with Gasteiger partial charge >= 0.3 is 0 Å². The highest BCUT2D eigenvalue weighted by Gasteiger charge is 2.47. The fourth-order valence-electron chi connectivity index (χ4n) is 4.94. The zero-order valence-electron chi connectivity index (χ0n) is 18.3. The molecule has 1 aromatic carbocycles. The molecule has 1 amide bonds. The van der Waals surface area contributed by atoms with Crippen molar-refractivity contribution in [2.75, 3.05) is 26.3 Å². The number of nitrogens with zero attached hydrogens (tertiary/aromatic N) is 3. The molecule has 0 spiro atoms. The molecule has 7 heteroatoms. The number of benzene rings is 1. The van der Waals surface area contributed by atoms with Crippen molar-refractivity contribution in [2.24, 2.45) is 0 Å². The van der Waals surface area contributed by atoms with E-state index >= 15 is 0 Å². The first-order valence-electron chi connectivity index (χ1n) is 10.9. The van der Waals surface area contributed by atoms with Gasteiger partial charge in [-0.1, -0.05) is 17.7 Å². The molecule has 3 atom stereocenters. The van der Waals surface area contributed by atoms with Crippen LogP contribution in [0.2, 0.25) is 5.15 Å². The summed E-state index contributed by atoms with van der Waals surface area (Å²) in [6, 6.07) is 8.50. The Morgan fingerprint density at radius 2 is 2.03 bits per heavy atom. The van der Waals surface area contributed by atoms with Crippen LogP contribution in [0.1, 0.15) is 52.9 Å². The smallest absolute Gasteiger partial charge is 0.255 e. The highest BCUT2D eigenvalue weighted by atomic mass is 35.5. The highest BCUT2D eigenvalue weighted by Crippen LogP contribution is 2.39. The summed E-state index contributed by atoms with van der Waals surface area (Å²) in [7, 11) is 0. The van der Waals surface area contributed by atoms with Crippen LogP contribution in [0.3, 0.4) is 0 Å². The predicted molar refractivity (Wildman–Crippen MR) is 121 cm³/mol. The fraction of sp³-hybridized carbons (Fsp3) is 0.500. The predicted octanol–water partition coefficient (Wildman–Crippen LogP) is 3.77. The van der Waals surface area contributed by atoms with Crippen LogP contribution in [0.5, 0.6) is 5.75 Å². The van der Waals surface area contributed by atoms with Crippen LogP contribution in [-0.4, -0.2) is 64.2 Å². The zero-order valence-corrected chi connectivity index (χ0v) is 19.1. The zero-order chi connectivity index (χ0) is 22.1. The fourth-order valence-corrected chi connectivity index (χ4v) is 5.05. The summed E-state index contributed by atoms with van der Waals surface area (Å²) in [5.41, 5.74) is 4.30. The number of fused-ring (bicyclic) bond motifs is 2. The van der Waals surface area contributed by atoms with Crippen molar-refractivity contribution in [3.05, 3.63) is 57.9 Å². The Labute approximate surface area is 188 Å². The van der Waals surface area contributed by atoms with Gasteiger partial charge in [0, 0.05) is 50.4 Å². The molecule has 2 aromatic rings. The number of piperazine rings is 1. The Balaban J connectivity index is 1.44. The number of aromatic nitrogens is 1. The van der Waals surface area contributed by atoms with Gasteiger partial charge in [-0.25, -0.2) is 4.98 Å². The Morgan fingerprint density at radius 1 is 1.23 bits per heavy atom. The lowest BCUT2D eigenvalue weighted by atomic mass is 9.96.